The molecule has 4 aromatic rings. The summed E-state index contributed by atoms with van der Waals surface area (Å²) in [7, 11) is 1.86. The molecule has 138 valence electrons. The molecule has 5 nitrogen and oxygen atoms in total. The number of hydrogen-bond donors (Lipinski definition) is 1. The lowest BCUT2D eigenvalue weighted by atomic mass is 10.1. The van der Waals surface area contributed by atoms with Gasteiger partial charge in [-0.3, -0.25) is 4.79 Å². The van der Waals surface area contributed by atoms with E-state index < -0.39 is 0 Å². The molecule has 0 bridgehead atoms. The molecule has 1 amide bonds. The van der Waals surface area contributed by atoms with Gasteiger partial charge in [-0.2, -0.15) is 0 Å². The van der Waals surface area contributed by atoms with Crippen molar-refractivity contribution >= 4 is 11.6 Å². The third-order valence-corrected chi connectivity index (χ3v) is 4.53. The Balaban J connectivity index is 1.56. The Morgan fingerprint density at radius 2 is 1.64 bits per heavy atom. The number of hydrogen-bond acceptors (Lipinski definition) is 3. The van der Waals surface area contributed by atoms with Crippen molar-refractivity contribution in [3.8, 4) is 22.5 Å². The number of aromatic nitrogens is 3. The molecule has 0 aliphatic heterocycles. The van der Waals surface area contributed by atoms with Crippen molar-refractivity contribution in [1.82, 2.24) is 14.5 Å². The summed E-state index contributed by atoms with van der Waals surface area (Å²) < 4.78 is 1.81. The molecule has 1 N–H and O–H groups in total. The first-order valence-electron chi connectivity index (χ1n) is 9.02. The number of aryl methyl sites for hydroxylation is 2. The topological polar surface area (TPSA) is 59.8 Å². The van der Waals surface area contributed by atoms with Gasteiger partial charge >= 0.3 is 0 Å². The Morgan fingerprint density at radius 3 is 2.36 bits per heavy atom. The van der Waals surface area contributed by atoms with E-state index in [0.717, 1.165) is 27.9 Å². The molecule has 28 heavy (non-hydrogen) atoms. The predicted molar refractivity (Wildman–Crippen MR) is 111 cm³/mol. The first-order chi connectivity index (χ1) is 13.6. The zero-order valence-corrected chi connectivity index (χ0v) is 15.8. The maximum atomic E-state index is 12.7. The van der Waals surface area contributed by atoms with Gasteiger partial charge in [0.15, 0.2) is 5.82 Å². The number of amides is 1. The highest BCUT2D eigenvalue weighted by Gasteiger charge is 2.14. The number of nitrogens with zero attached hydrogens (tertiary/aromatic N) is 3. The van der Waals surface area contributed by atoms with Crippen molar-refractivity contribution in [3.63, 3.8) is 0 Å². The average Bonchev–Trinajstić information content (AvgIpc) is 3.11. The minimum atomic E-state index is -0.152. The molecular weight excluding hydrogens is 348 g/mol. The number of rotatable bonds is 4. The highest BCUT2D eigenvalue weighted by Crippen LogP contribution is 2.23. The number of carbonyl (C=O) groups is 1. The molecule has 4 rings (SSSR count). The molecule has 2 aromatic heterocycles. The predicted octanol–water partition coefficient (Wildman–Crippen LogP) is 4.71. The summed E-state index contributed by atoms with van der Waals surface area (Å²) >= 11 is 0. The van der Waals surface area contributed by atoms with Gasteiger partial charge in [0.25, 0.3) is 5.91 Å². The summed E-state index contributed by atoms with van der Waals surface area (Å²) in [4.78, 5) is 21.6. The highest BCUT2D eigenvalue weighted by molar-refractivity contribution is 6.04. The van der Waals surface area contributed by atoms with Crippen molar-refractivity contribution < 1.29 is 4.79 Å². The van der Waals surface area contributed by atoms with E-state index in [1.807, 2.05) is 85.4 Å². The van der Waals surface area contributed by atoms with Crippen LogP contribution in [0, 0.1) is 6.92 Å². The summed E-state index contributed by atoms with van der Waals surface area (Å²) in [6.07, 6.45) is 5.48. The molecule has 2 heterocycles. The normalized spacial score (nSPS) is 10.6. The largest absolute Gasteiger partial charge is 0.346 e. The Hall–Kier alpha value is -3.73. The Kier molecular flexibility index (Phi) is 4.72. The van der Waals surface area contributed by atoms with E-state index >= 15 is 0 Å². The van der Waals surface area contributed by atoms with Crippen LogP contribution in [0.1, 0.15) is 16.1 Å². The van der Waals surface area contributed by atoms with Crippen molar-refractivity contribution in [2.24, 2.45) is 7.05 Å². The smallest absolute Gasteiger partial charge is 0.272 e. The number of nitrogens with one attached hydrogen (secondary N) is 1. The zero-order chi connectivity index (χ0) is 19.5. The Labute approximate surface area is 163 Å². The fourth-order valence-electron chi connectivity index (χ4n) is 3.08. The summed E-state index contributed by atoms with van der Waals surface area (Å²) in [5.74, 6) is 0.527. The van der Waals surface area contributed by atoms with Crippen LogP contribution in [0.3, 0.4) is 0 Å². The van der Waals surface area contributed by atoms with Crippen LogP contribution >= 0.6 is 0 Å². The molecule has 0 fully saturated rings. The maximum Gasteiger partial charge on any atom is 0.272 e. The first kappa shape index (κ1) is 17.7. The molecule has 0 atom stereocenters. The van der Waals surface area contributed by atoms with Crippen molar-refractivity contribution in [1.29, 1.82) is 0 Å². The van der Waals surface area contributed by atoms with Crippen LogP contribution in [0.25, 0.3) is 22.5 Å². The first-order valence-corrected chi connectivity index (χ1v) is 9.02. The molecule has 2 aromatic carbocycles. The summed E-state index contributed by atoms with van der Waals surface area (Å²) in [6.45, 7) is 2.00. The van der Waals surface area contributed by atoms with Crippen LogP contribution in [-0.4, -0.2) is 20.4 Å². The SMILES string of the molecule is Cc1cccc(NC(=O)c2cc(-c3cnc(-c4ccccc4)nc3)cn2C)c1. The zero-order valence-electron chi connectivity index (χ0n) is 15.8. The fourth-order valence-corrected chi connectivity index (χ4v) is 3.08. The van der Waals surface area contributed by atoms with Gasteiger partial charge in [-0.15, -0.1) is 0 Å². The van der Waals surface area contributed by atoms with Crippen LogP contribution in [-0.2, 0) is 7.05 Å². The van der Waals surface area contributed by atoms with Gasteiger partial charge < -0.3 is 9.88 Å². The fraction of sp³-hybridized carbons (Fsp3) is 0.0870. The standard InChI is InChI=1S/C23H20N4O/c1-16-7-6-10-20(11-16)26-23(28)21-12-18(15-27(21)2)19-13-24-22(25-14-19)17-8-4-3-5-9-17/h3-15H,1-2H3,(H,26,28). The van der Waals surface area contributed by atoms with Gasteiger partial charge in [0.2, 0.25) is 0 Å². The summed E-state index contributed by atoms with van der Waals surface area (Å²) in [5.41, 5.74) is 5.19. The maximum absolute atomic E-state index is 12.7. The second-order valence-corrected chi connectivity index (χ2v) is 6.71. The van der Waals surface area contributed by atoms with Crippen LogP contribution in [0.5, 0.6) is 0 Å². The van der Waals surface area contributed by atoms with E-state index in [-0.39, 0.29) is 5.91 Å². The van der Waals surface area contributed by atoms with Crippen molar-refractivity contribution in [2.45, 2.75) is 6.92 Å². The van der Waals surface area contributed by atoms with E-state index in [1.54, 1.807) is 12.4 Å². The lowest BCUT2D eigenvalue weighted by molar-refractivity contribution is 0.101. The Morgan fingerprint density at radius 1 is 0.893 bits per heavy atom. The van der Waals surface area contributed by atoms with E-state index in [0.29, 0.717) is 11.5 Å². The van der Waals surface area contributed by atoms with Crippen LogP contribution in [0.15, 0.2) is 79.3 Å². The van der Waals surface area contributed by atoms with Gasteiger partial charge in [0, 0.05) is 48.0 Å². The number of anilines is 1. The van der Waals surface area contributed by atoms with Crippen molar-refractivity contribution in [2.75, 3.05) is 5.32 Å². The molecule has 0 radical (unpaired) electrons. The molecule has 5 heteroatoms. The van der Waals surface area contributed by atoms with Gasteiger partial charge in [0.05, 0.1) is 0 Å². The Bertz CT molecular complexity index is 1120. The average molecular weight is 368 g/mol. The molecule has 0 unspecified atom stereocenters. The number of benzene rings is 2. The van der Waals surface area contributed by atoms with E-state index in [9.17, 15) is 4.79 Å². The third kappa shape index (κ3) is 3.69. The lowest BCUT2D eigenvalue weighted by Crippen LogP contribution is -2.15. The molecule has 0 spiro atoms. The summed E-state index contributed by atoms with van der Waals surface area (Å²) in [6, 6.07) is 19.4. The van der Waals surface area contributed by atoms with Crippen LogP contribution in [0.2, 0.25) is 0 Å². The third-order valence-electron chi connectivity index (χ3n) is 4.53. The molecule has 0 aliphatic carbocycles. The molecule has 0 aliphatic rings. The van der Waals surface area contributed by atoms with E-state index in [2.05, 4.69) is 15.3 Å². The molecule has 0 saturated heterocycles. The quantitative estimate of drug-likeness (QED) is 0.567. The lowest BCUT2D eigenvalue weighted by Gasteiger charge is -2.06. The van der Waals surface area contributed by atoms with Gasteiger partial charge in [-0.1, -0.05) is 42.5 Å². The van der Waals surface area contributed by atoms with Gasteiger partial charge in [-0.25, -0.2) is 9.97 Å². The van der Waals surface area contributed by atoms with Gasteiger partial charge in [0.1, 0.15) is 5.69 Å². The number of carbonyl (C=O) groups excluding carboxylic acids is 1. The van der Waals surface area contributed by atoms with Gasteiger partial charge in [-0.05, 0) is 30.7 Å². The van der Waals surface area contributed by atoms with E-state index in [4.69, 9.17) is 0 Å². The summed E-state index contributed by atoms with van der Waals surface area (Å²) in [5, 5.41) is 2.94. The second-order valence-electron chi connectivity index (χ2n) is 6.71. The molecular formula is C23H20N4O. The van der Waals surface area contributed by atoms with E-state index in [1.165, 1.54) is 0 Å². The van der Waals surface area contributed by atoms with Crippen molar-refractivity contribution in [3.05, 3.63) is 90.5 Å². The second kappa shape index (κ2) is 7.48. The van der Waals surface area contributed by atoms with Crippen LogP contribution in [0.4, 0.5) is 5.69 Å². The highest BCUT2D eigenvalue weighted by atomic mass is 16.1. The minimum absolute atomic E-state index is 0.152. The van der Waals surface area contributed by atoms with Crippen LogP contribution < -0.4 is 5.32 Å². The minimum Gasteiger partial charge on any atom is -0.346 e. The molecule has 0 saturated carbocycles. The monoisotopic (exact) mass is 368 g/mol.